The van der Waals surface area contributed by atoms with Gasteiger partial charge in [0.05, 0.1) is 4.88 Å². The van der Waals surface area contributed by atoms with E-state index in [1.165, 1.54) is 43.4 Å². The summed E-state index contributed by atoms with van der Waals surface area (Å²) in [7, 11) is 0. The fraction of sp³-hybridized carbons (Fsp3) is 0.562. The highest BCUT2D eigenvalue weighted by Gasteiger charge is 2.12. The van der Waals surface area contributed by atoms with Crippen LogP contribution in [0.2, 0.25) is 0 Å². The molecule has 1 saturated carbocycles. The van der Waals surface area contributed by atoms with E-state index in [1.807, 2.05) is 6.20 Å². The summed E-state index contributed by atoms with van der Waals surface area (Å²) >= 11 is 1.76. The van der Waals surface area contributed by atoms with Crippen molar-refractivity contribution in [1.29, 1.82) is 0 Å². The smallest absolute Gasteiger partial charge is 0.150 e. The molecule has 2 aromatic heterocycles. The zero-order valence-electron chi connectivity index (χ0n) is 11.9. The number of aromatic nitrogens is 2. The van der Waals surface area contributed by atoms with E-state index in [4.69, 9.17) is 0 Å². The number of nitrogens with one attached hydrogen (secondary N) is 1. The van der Waals surface area contributed by atoms with Crippen LogP contribution >= 0.6 is 11.3 Å². The van der Waals surface area contributed by atoms with Gasteiger partial charge < -0.3 is 9.88 Å². The van der Waals surface area contributed by atoms with Gasteiger partial charge in [0.25, 0.3) is 0 Å². The third kappa shape index (κ3) is 3.49. The Hall–Kier alpha value is -1.13. The first-order valence-corrected chi connectivity index (χ1v) is 8.60. The number of nitrogens with zero attached hydrogens (tertiary/aromatic N) is 2. The summed E-state index contributed by atoms with van der Waals surface area (Å²) in [6, 6.07) is 4.96. The predicted molar refractivity (Wildman–Crippen MR) is 85.0 cm³/mol. The third-order valence-corrected chi connectivity index (χ3v) is 4.96. The van der Waals surface area contributed by atoms with Crippen LogP contribution in [0.25, 0.3) is 10.7 Å². The number of thiophene rings is 1. The zero-order valence-corrected chi connectivity index (χ0v) is 12.7. The van der Waals surface area contributed by atoms with Crippen molar-refractivity contribution in [2.24, 2.45) is 0 Å². The number of rotatable bonds is 5. The fourth-order valence-corrected chi connectivity index (χ4v) is 3.73. The average molecular weight is 289 g/mol. The summed E-state index contributed by atoms with van der Waals surface area (Å²) in [5.74, 6) is 1.10. The molecule has 0 radical (unpaired) electrons. The quantitative estimate of drug-likeness (QED) is 0.845. The lowest BCUT2D eigenvalue weighted by Gasteiger charge is -2.16. The van der Waals surface area contributed by atoms with Crippen LogP contribution in [-0.2, 0) is 6.54 Å². The summed E-state index contributed by atoms with van der Waals surface area (Å²) in [6.45, 7) is 2.04. The Bertz CT molecular complexity index is 496. The molecule has 1 fully saturated rings. The van der Waals surface area contributed by atoms with E-state index in [1.54, 1.807) is 11.3 Å². The summed E-state index contributed by atoms with van der Waals surface area (Å²) in [4.78, 5) is 5.74. The molecule has 1 N–H and O–H groups in total. The molecule has 2 aromatic rings. The van der Waals surface area contributed by atoms with Gasteiger partial charge in [0.15, 0.2) is 0 Å². The number of imidazole rings is 1. The Kier molecular flexibility index (Phi) is 4.87. The van der Waals surface area contributed by atoms with Crippen molar-refractivity contribution in [2.45, 2.75) is 51.1 Å². The topological polar surface area (TPSA) is 29.9 Å². The van der Waals surface area contributed by atoms with E-state index in [-0.39, 0.29) is 0 Å². The summed E-state index contributed by atoms with van der Waals surface area (Å²) in [6.07, 6.45) is 12.3. The van der Waals surface area contributed by atoms with Crippen LogP contribution in [0, 0.1) is 0 Å². The van der Waals surface area contributed by atoms with Crippen LogP contribution in [0.3, 0.4) is 0 Å². The van der Waals surface area contributed by atoms with Crippen molar-refractivity contribution < 1.29 is 0 Å². The molecule has 0 aromatic carbocycles. The van der Waals surface area contributed by atoms with Crippen molar-refractivity contribution in [3.63, 3.8) is 0 Å². The van der Waals surface area contributed by atoms with E-state index in [0.717, 1.165) is 25.0 Å². The molecule has 0 spiro atoms. The van der Waals surface area contributed by atoms with Crippen molar-refractivity contribution in [2.75, 3.05) is 6.54 Å². The Morgan fingerprint density at radius 2 is 2.10 bits per heavy atom. The molecule has 3 rings (SSSR count). The fourth-order valence-electron chi connectivity index (χ4n) is 2.99. The first kappa shape index (κ1) is 13.8. The molecular formula is C16H23N3S. The second kappa shape index (κ2) is 7.04. The summed E-state index contributed by atoms with van der Waals surface area (Å²) < 4.78 is 2.26. The van der Waals surface area contributed by atoms with Gasteiger partial charge in [-0.25, -0.2) is 4.98 Å². The molecule has 2 heterocycles. The highest BCUT2D eigenvalue weighted by molar-refractivity contribution is 7.13. The molecule has 108 valence electrons. The lowest BCUT2D eigenvalue weighted by atomic mass is 10.1. The molecular weight excluding hydrogens is 266 g/mol. The van der Waals surface area contributed by atoms with E-state index in [9.17, 15) is 0 Å². The summed E-state index contributed by atoms with van der Waals surface area (Å²) in [5.41, 5.74) is 0. The lowest BCUT2D eigenvalue weighted by molar-refractivity contribution is 0.446. The summed E-state index contributed by atoms with van der Waals surface area (Å²) in [5, 5.41) is 5.84. The van der Waals surface area contributed by atoms with Crippen molar-refractivity contribution >= 4 is 11.3 Å². The van der Waals surface area contributed by atoms with Gasteiger partial charge in [-0.2, -0.15) is 0 Å². The highest BCUT2D eigenvalue weighted by atomic mass is 32.1. The molecule has 0 bridgehead atoms. The molecule has 0 atom stereocenters. The van der Waals surface area contributed by atoms with Crippen LogP contribution in [0.1, 0.15) is 38.5 Å². The Balaban J connectivity index is 1.52. The minimum atomic E-state index is 0.728. The number of hydrogen-bond acceptors (Lipinski definition) is 3. The van der Waals surface area contributed by atoms with Crippen molar-refractivity contribution in [3.8, 4) is 10.7 Å². The first-order chi connectivity index (χ1) is 9.93. The van der Waals surface area contributed by atoms with E-state index >= 15 is 0 Å². The molecule has 4 heteroatoms. The molecule has 20 heavy (non-hydrogen) atoms. The zero-order chi connectivity index (χ0) is 13.6. The normalized spacial score (nSPS) is 17.2. The first-order valence-electron chi connectivity index (χ1n) is 7.72. The van der Waals surface area contributed by atoms with Gasteiger partial charge in [0, 0.05) is 31.5 Å². The minimum Gasteiger partial charge on any atom is -0.329 e. The largest absolute Gasteiger partial charge is 0.329 e. The van der Waals surface area contributed by atoms with Crippen LogP contribution < -0.4 is 5.32 Å². The predicted octanol–water partition coefficient (Wildman–Crippen LogP) is 3.92. The maximum Gasteiger partial charge on any atom is 0.150 e. The van der Waals surface area contributed by atoms with Crippen LogP contribution in [0.4, 0.5) is 0 Å². The van der Waals surface area contributed by atoms with Crippen LogP contribution in [0.15, 0.2) is 29.9 Å². The maximum absolute atomic E-state index is 4.48. The maximum atomic E-state index is 4.48. The van der Waals surface area contributed by atoms with Crippen LogP contribution in [0.5, 0.6) is 0 Å². The highest BCUT2D eigenvalue weighted by Crippen LogP contribution is 2.22. The molecule has 1 aliphatic rings. The average Bonchev–Trinajstić information content (AvgIpc) is 3.06. The van der Waals surface area contributed by atoms with Gasteiger partial charge in [0.2, 0.25) is 0 Å². The molecule has 0 unspecified atom stereocenters. The van der Waals surface area contributed by atoms with Crippen molar-refractivity contribution in [3.05, 3.63) is 29.9 Å². The SMILES string of the molecule is c1csc(-c2nccn2CCNC2CCCCCC2)c1. The molecule has 0 saturated heterocycles. The second-order valence-electron chi connectivity index (χ2n) is 5.56. The molecule has 3 nitrogen and oxygen atoms in total. The Morgan fingerprint density at radius 1 is 1.25 bits per heavy atom. The van der Waals surface area contributed by atoms with Gasteiger partial charge in [-0.05, 0) is 24.3 Å². The van der Waals surface area contributed by atoms with Gasteiger partial charge in [-0.15, -0.1) is 11.3 Å². The second-order valence-corrected chi connectivity index (χ2v) is 6.51. The lowest BCUT2D eigenvalue weighted by Crippen LogP contribution is -2.31. The van der Waals surface area contributed by atoms with Gasteiger partial charge in [-0.1, -0.05) is 31.7 Å². The standard InChI is InChI=1S/C16H23N3S/c1-2-4-7-14(6-3-1)17-9-11-19-12-10-18-16(19)15-8-5-13-20-15/h5,8,10,12-14,17H,1-4,6-7,9,11H2. The van der Waals surface area contributed by atoms with Gasteiger partial charge in [0.1, 0.15) is 5.82 Å². The van der Waals surface area contributed by atoms with E-state index in [0.29, 0.717) is 0 Å². The van der Waals surface area contributed by atoms with Gasteiger partial charge in [-0.3, -0.25) is 0 Å². The van der Waals surface area contributed by atoms with Crippen molar-refractivity contribution in [1.82, 2.24) is 14.9 Å². The minimum absolute atomic E-state index is 0.728. The van der Waals surface area contributed by atoms with E-state index in [2.05, 4.69) is 38.6 Å². The van der Waals surface area contributed by atoms with E-state index < -0.39 is 0 Å². The molecule has 0 aliphatic heterocycles. The third-order valence-electron chi connectivity index (χ3n) is 4.10. The molecule has 0 amide bonds. The van der Waals surface area contributed by atoms with Gasteiger partial charge >= 0.3 is 0 Å². The van der Waals surface area contributed by atoms with Crippen LogP contribution in [-0.4, -0.2) is 22.1 Å². The monoisotopic (exact) mass is 289 g/mol. The Labute approximate surface area is 125 Å². The Morgan fingerprint density at radius 3 is 2.85 bits per heavy atom. The molecule has 1 aliphatic carbocycles. The number of hydrogen-bond donors (Lipinski definition) is 1.